The van der Waals surface area contributed by atoms with Crippen LogP contribution in [0.1, 0.15) is 80.1 Å². The Morgan fingerprint density at radius 2 is 1.97 bits per heavy atom. The Hall–Kier alpha value is -1.50. The molecule has 2 bridgehead atoms. The first kappa shape index (κ1) is 22.7. The van der Waals surface area contributed by atoms with Gasteiger partial charge in [0.05, 0.1) is 0 Å². The maximum absolute atomic E-state index is 15.2. The van der Waals surface area contributed by atoms with Crippen LogP contribution in [0.5, 0.6) is 0 Å². The van der Waals surface area contributed by atoms with Crippen molar-refractivity contribution in [1.29, 1.82) is 0 Å². The number of halogens is 1. The first-order chi connectivity index (χ1) is 15.1. The number of rotatable bonds is 7. The SMILES string of the molecule is CCCCCCC1CC(c2ccc(C(=O)N3CCN4CCC3CC4)cc2F)C(N)CN1. The van der Waals surface area contributed by atoms with Crippen LogP contribution in [0.2, 0.25) is 0 Å². The molecule has 4 fully saturated rings. The largest absolute Gasteiger partial charge is 0.334 e. The predicted octanol–water partition coefficient (Wildman–Crippen LogP) is 3.49. The summed E-state index contributed by atoms with van der Waals surface area (Å²) in [5.74, 6) is -0.299. The zero-order valence-electron chi connectivity index (χ0n) is 19.0. The van der Waals surface area contributed by atoms with Gasteiger partial charge in [-0.05, 0) is 43.4 Å². The van der Waals surface area contributed by atoms with E-state index < -0.39 is 0 Å². The third kappa shape index (κ3) is 5.29. The molecule has 31 heavy (non-hydrogen) atoms. The fourth-order valence-electron chi connectivity index (χ4n) is 5.69. The van der Waals surface area contributed by atoms with Crippen LogP contribution in [-0.2, 0) is 0 Å². The maximum atomic E-state index is 15.2. The molecule has 4 saturated heterocycles. The van der Waals surface area contributed by atoms with Crippen LogP contribution in [0.15, 0.2) is 18.2 Å². The van der Waals surface area contributed by atoms with Gasteiger partial charge in [0.25, 0.3) is 5.91 Å². The van der Waals surface area contributed by atoms with Gasteiger partial charge in [-0.2, -0.15) is 0 Å². The quantitative estimate of drug-likeness (QED) is 0.650. The van der Waals surface area contributed by atoms with Crippen LogP contribution >= 0.6 is 0 Å². The van der Waals surface area contributed by atoms with Crippen LogP contribution in [0.25, 0.3) is 0 Å². The molecule has 3 atom stereocenters. The van der Waals surface area contributed by atoms with Gasteiger partial charge in [0.2, 0.25) is 0 Å². The van der Waals surface area contributed by atoms with Gasteiger partial charge in [0, 0.05) is 62.3 Å². The van der Waals surface area contributed by atoms with Crippen molar-refractivity contribution in [2.45, 2.75) is 82.3 Å². The zero-order chi connectivity index (χ0) is 21.8. The number of unbranched alkanes of at least 4 members (excludes halogenated alkanes) is 3. The molecular formula is C25H39FN4O. The number of carbonyl (C=O) groups excluding carboxylic acids is 1. The molecule has 6 heteroatoms. The molecular weight excluding hydrogens is 391 g/mol. The van der Waals surface area contributed by atoms with Crippen molar-refractivity contribution >= 4 is 5.91 Å². The summed E-state index contributed by atoms with van der Waals surface area (Å²) in [5, 5.41) is 3.55. The second-order valence-electron chi connectivity index (χ2n) is 9.77. The molecule has 1 aromatic rings. The minimum absolute atomic E-state index is 0.00292. The van der Waals surface area contributed by atoms with Gasteiger partial charge in [0.1, 0.15) is 5.82 Å². The normalized spacial score (nSPS) is 30.9. The van der Waals surface area contributed by atoms with E-state index in [0.717, 1.165) is 58.4 Å². The van der Waals surface area contributed by atoms with E-state index in [9.17, 15) is 4.79 Å². The number of piperidine rings is 2. The molecule has 3 unspecified atom stereocenters. The molecule has 4 aliphatic rings. The Morgan fingerprint density at radius 1 is 1.16 bits per heavy atom. The molecule has 0 aromatic heterocycles. The Bertz CT molecular complexity index is 749. The summed E-state index contributed by atoms with van der Waals surface area (Å²) >= 11 is 0. The lowest BCUT2D eigenvalue weighted by Gasteiger charge is -2.36. The van der Waals surface area contributed by atoms with Crippen LogP contribution in [-0.4, -0.2) is 66.6 Å². The Labute approximate surface area is 186 Å². The van der Waals surface area contributed by atoms with Crippen molar-refractivity contribution < 1.29 is 9.18 Å². The number of hydrogen-bond donors (Lipinski definition) is 2. The van der Waals surface area contributed by atoms with Gasteiger partial charge in [-0.15, -0.1) is 0 Å². The molecule has 0 saturated carbocycles. The van der Waals surface area contributed by atoms with Crippen molar-refractivity contribution in [3.05, 3.63) is 35.1 Å². The maximum Gasteiger partial charge on any atom is 0.254 e. The molecule has 4 aliphatic heterocycles. The van der Waals surface area contributed by atoms with E-state index in [4.69, 9.17) is 5.73 Å². The van der Waals surface area contributed by atoms with Gasteiger partial charge in [-0.25, -0.2) is 4.39 Å². The number of fused-ring (bicyclic) bond motifs is 4. The first-order valence-corrected chi connectivity index (χ1v) is 12.4. The van der Waals surface area contributed by atoms with Gasteiger partial charge >= 0.3 is 0 Å². The number of carbonyl (C=O) groups is 1. The Balaban J connectivity index is 1.43. The third-order valence-corrected chi connectivity index (χ3v) is 7.67. The molecule has 5 nitrogen and oxygen atoms in total. The van der Waals surface area contributed by atoms with Crippen molar-refractivity contribution in [2.75, 3.05) is 32.7 Å². The standard InChI is InChI=1S/C25H39FN4O/c1-2-3-4-5-6-19-16-22(24(27)17-28-19)21-8-7-18(15-23(21)26)25(31)30-14-13-29-11-9-20(30)10-12-29/h7-8,15,19-20,22,24,28H,2-6,9-14,16-17,27H2,1H3. The van der Waals surface area contributed by atoms with Gasteiger partial charge < -0.3 is 20.9 Å². The lowest BCUT2D eigenvalue weighted by molar-refractivity contribution is 0.0684. The van der Waals surface area contributed by atoms with E-state index in [2.05, 4.69) is 17.1 Å². The highest BCUT2D eigenvalue weighted by Crippen LogP contribution is 2.32. The Kier molecular flexibility index (Phi) is 7.62. The second-order valence-corrected chi connectivity index (χ2v) is 9.77. The number of benzene rings is 1. The van der Waals surface area contributed by atoms with Crippen molar-refractivity contribution in [3.63, 3.8) is 0 Å². The lowest BCUT2D eigenvalue weighted by Crippen LogP contribution is -2.50. The summed E-state index contributed by atoms with van der Waals surface area (Å²) in [6, 6.07) is 5.69. The van der Waals surface area contributed by atoms with E-state index >= 15 is 4.39 Å². The molecule has 0 aliphatic carbocycles. The van der Waals surface area contributed by atoms with E-state index in [0.29, 0.717) is 23.2 Å². The van der Waals surface area contributed by atoms with Crippen LogP contribution < -0.4 is 11.1 Å². The summed E-state index contributed by atoms with van der Waals surface area (Å²) in [5.41, 5.74) is 7.53. The molecule has 1 aromatic carbocycles. The highest BCUT2D eigenvalue weighted by molar-refractivity contribution is 5.94. The summed E-state index contributed by atoms with van der Waals surface area (Å²) in [7, 11) is 0. The van der Waals surface area contributed by atoms with Crippen molar-refractivity contribution in [1.82, 2.24) is 15.1 Å². The summed E-state index contributed by atoms with van der Waals surface area (Å²) < 4.78 is 15.2. The van der Waals surface area contributed by atoms with E-state index in [1.807, 2.05) is 17.0 Å². The van der Waals surface area contributed by atoms with Crippen molar-refractivity contribution in [2.24, 2.45) is 5.73 Å². The smallest absolute Gasteiger partial charge is 0.254 e. The van der Waals surface area contributed by atoms with Gasteiger partial charge in [-0.3, -0.25) is 4.79 Å². The molecule has 172 valence electrons. The topological polar surface area (TPSA) is 61.6 Å². The van der Waals surface area contributed by atoms with Gasteiger partial charge in [-0.1, -0.05) is 38.7 Å². The number of hydrogen-bond acceptors (Lipinski definition) is 4. The lowest BCUT2D eigenvalue weighted by atomic mass is 9.81. The zero-order valence-corrected chi connectivity index (χ0v) is 19.0. The Morgan fingerprint density at radius 3 is 2.71 bits per heavy atom. The molecule has 5 rings (SSSR count). The predicted molar refractivity (Wildman–Crippen MR) is 123 cm³/mol. The van der Waals surface area contributed by atoms with Crippen LogP contribution in [0.3, 0.4) is 0 Å². The molecule has 0 radical (unpaired) electrons. The molecule has 3 N–H and O–H groups in total. The molecule has 4 heterocycles. The van der Waals surface area contributed by atoms with Crippen LogP contribution in [0.4, 0.5) is 4.39 Å². The minimum atomic E-state index is -0.277. The molecule has 0 spiro atoms. The molecule has 1 amide bonds. The van der Waals surface area contributed by atoms with E-state index in [1.165, 1.54) is 31.7 Å². The first-order valence-electron chi connectivity index (χ1n) is 12.4. The number of nitrogens with two attached hydrogens (primary N) is 1. The number of nitrogens with zero attached hydrogens (tertiary/aromatic N) is 2. The second kappa shape index (κ2) is 10.4. The number of nitrogens with one attached hydrogen (secondary N) is 1. The van der Waals surface area contributed by atoms with Gasteiger partial charge in [0.15, 0.2) is 0 Å². The third-order valence-electron chi connectivity index (χ3n) is 7.67. The fraction of sp³-hybridized carbons (Fsp3) is 0.720. The summed E-state index contributed by atoms with van der Waals surface area (Å²) in [6.45, 7) is 6.73. The fourth-order valence-corrected chi connectivity index (χ4v) is 5.69. The summed E-state index contributed by atoms with van der Waals surface area (Å²) in [6.07, 6.45) is 9.00. The average molecular weight is 431 g/mol. The van der Waals surface area contributed by atoms with Crippen LogP contribution in [0, 0.1) is 5.82 Å². The minimum Gasteiger partial charge on any atom is -0.334 e. The van der Waals surface area contributed by atoms with E-state index in [-0.39, 0.29) is 23.7 Å². The average Bonchev–Trinajstić information content (AvgIpc) is 3.11. The number of amides is 1. The van der Waals surface area contributed by atoms with E-state index in [1.54, 1.807) is 0 Å². The van der Waals surface area contributed by atoms with Crippen molar-refractivity contribution in [3.8, 4) is 0 Å². The highest BCUT2D eigenvalue weighted by Gasteiger charge is 2.34. The highest BCUT2D eigenvalue weighted by atomic mass is 19.1. The monoisotopic (exact) mass is 430 g/mol. The summed E-state index contributed by atoms with van der Waals surface area (Å²) in [4.78, 5) is 17.6.